The number of nitrogens with zero attached hydrogens (tertiary/aromatic N) is 2. The molecule has 1 N–H and O–H groups in total. The van der Waals surface area contributed by atoms with Crippen molar-refractivity contribution in [1.29, 1.82) is 0 Å². The van der Waals surface area contributed by atoms with E-state index < -0.39 is 24.2 Å². The minimum Gasteiger partial charge on any atom is -0.638 e. The molecule has 0 bridgehead atoms. The normalized spacial score (nSPS) is 14.4. The Balaban J connectivity index is 0.000000310. The third-order valence-electron chi connectivity index (χ3n) is 4.64. The maximum absolute atomic E-state index is 13.0. The Bertz CT molecular complexity index is 955. The number of carbonyl (C=O) groups is 2. The highest BCUT2D eigenvalue weighted by Crippen LogP contribution is 2.35. The number of hydrogen-bond acceptors (Lipinski definition) is 4. The number of hydrogen-bond donors (Lipinski definition) is 1. The Morgan fingerprint density at radius 1 is 0.900 bits per heavy atom. The quantitative estimate of drug-likeness (QED) is 0.402. The number of benzene rings is 2. The lowest BCUT2D eigenvalue weighted by Gasteiger charge is -2.28. The SMILES string of the molecule is C[n+]1ccccc1.O=[C-]OCN1C(=O)NC(c2ccccc2)(c2ccccc2)C1=O. The summed E-state index contributed by atoms with van der Waals surface area (Å²) in [6.07, 6.45) is 4.00. The van der Waals surface area contributed by atoms with Gasteiger partial charge in [0.15, 0.2) is 17.9 Å². The molecule has 2 aromatic carbocycles. The number of imide groups is 1. The highest BCUT2D eigenvalue weighted by molar-refractivity contribution is 6.09. The van der Waals surface area contributed by atoms with Crippen LogP contribution in [0, 0.1) is 0 Å². The Hall–Kier alpha value is -4.00. The van der Waals surface area contributed by atoms with Crippen LogP contribution in [0.4, 0.5) is 4.79 Å². The van der Waals surface area contributed by atoms with Crippen LogP contribution in [0.1, 0.15) is 11.1 Å². The van der Waals surface area contributed by atoms with Crippen molar-refractivity contribution < 1.29 is 23.7 Å². The number of pyridine rings is 1. The first-order valence-electron chi connectivity index (χ1n) is 9.24. The number of rotatable bonds is 5. The van der Waals surface area contributed by atoms with Crippen LogP contribution in [0.3, 0.4) is 0 Å². The standard InChI is InChI=1S/C17H13N2O4.C6H8N/c20-12-23-11-19-15(21)17(18-16(19)22,13-7-3-1-4-8-13)14-9-5-2-6-10-14;1-7-5-3-2-4-6-7/h1-10H,11H2,(H,18,22);2-6H,1H3/q-1;+1. The number of ether oxygens (including phenoxy) is 1. The molecule has 1 fully saturated rings. The fourth-order valence-electron chi connectivity index (χ4n) is 3.20. The van der Waals surface area contributed by atoms with E-state index in [2.05, 4.69) is 10.1 Å². The maximum atomic E-state index is 13.0. The Morgan fingerprint density at radius 3 is 1.83 bits per heavy atom. The molecule has 0 spiro atoms. The molecule has 2 heterocycles. The zero-order chi connectivity index (χ0) is 21.4. The van der Waals surface area contributed by atoms with Gasteiger partial charge in [-0.25, -0.2) is 14.3 Å². The lowest BCUT2D eigenvalue weighted by Crippen LogP contribution is -2.45. The van der Waals surface area contributed by atoms with Gasteiger partial charge < -0.3 is 14.8 Å². The Kier molecular flexibility index (Phi) is 6.54. The van der Waals surface area contributed by atoms with E-state index >= 15 is 0 Å². The molecular formula is C23H21N3O4. The van der Waals surface area contributed by atoms with Gasteiger partial charge in [0.1, 0.15) is 13.8 Å². The predicted octanol–water partition coefficient (Wildman–Crippen LogP) is 2.03. The van der Waals surface area contributed by atoms with E-state index in [1.54, 1.807) is 48.5 Å². The smallest absolute Gasteiger partial charge is 0.328 e. The van der Waals surface area contributed by atoms with Gasteiger partial charge in [-0.05, 0) is 11.1 Å². The van der Waals surface area contributed by atoms with Gasteiger partial charge in [0.2, 0.25) is 0 Å². The van der Waals surface area contributed by atoms with Crippen molar-refractivity contribution >= 4 is 18.4 Å². The molecule has 1 aliphatic heterocycles. The summed E-state index contributed by atoms with van der Waals surface area (Å²) in [6, 6.07) is 23.2. The first-order valence-corrected chi connectivity index (χ1v) is 9.24. The van der Waals surface area contributed by atoms with Gasteiger partial charge in [0, 0.05) is 12.1 Å². The van der Waals surface area contributed by atoms with Crippen LogP contribution in [0.15, 0.2) is 91.3 Å². The van der Waals surface area contributed by atoms with Crippen LogP contribution in [0.5, 0.6) is 0 Å². The van der Waals surface area contributed by atoms with Gasteiger partial charge >= 0.3 is 6.03 Å². The largest absolute Gasteiger partial charge is 0.638 e. The molecule has 0 radical (unpaired) electrons. The molecule has 4 rings (SSSR count). The number of nitrogens with one attached hydrogen (secondary N) is 1. The van der Waals surface area contributed by atoms with Crippen LogP contribution in [-0.2, 0) is 26.9 Å². The highest BCUT2D eigenvalue weighted by atomic mass is 16.5. The van der Waals surface area contributed by atoms with Crippen LogP contribution in [0.2, 0.25) is 0 Å². The van der Waals surface area contributed by atoms with Gasteiger partial charge in [-0.15, -0.1) is 0 Å². The van der Waals surface area contributed by atoms with E-state index in [4.69, 9.17) is 0 Å². The minimum absolute atomic E-state index is 0.477. The van der Waals surface area contributed by atoms with Crippen LogP contribution >= 0.6 is 0 Å². The summed E-state index contributed by atoms with van der Waals surface area (Å²) in [6.45, 7) is 0.742. The molecule has 3 amide bonds. The Labute approximate surface area is 174 Å². The zero-order valence-electron chi connectivity index (χ0n) is 16.4. The van der Waals surface area contributed by atoms with Gasteiger partial charge in [-0.2, -0.15) is 0 Å². The number of carbonyl (C=O) groups excluding carboxylic acids is 3. The molecule has 1 aliphatic rings. The van der Waals surface area contributed by atoms with Gasteiger partial charge in [0.05, 0.1) is 0 Å². The van der Waals surface area contributed by atoms with E-state index in [0.717, 1.165) is 4.90 Å². The van der Waals surface area contributed by atoms with Crippen LogP contribution < -0.4 is 9.88 Å². The molecule has 1 aromatic heterocycles. The number of aromatic nitrogens is 1. The van der Waals surface area contributed by atoms with Crippen molar-refractivity contribution in [3.63, 3.8) is 0 Å². The third kappa shape index (κ3) is 4.20. The molecule has 1 saturated heterocycles. The average Bonchev–Trinajstić information content (AvgIpc) is 3.05. The summed E-state index contributed by atoms with van der Waals surface area (Å²) in [5.74, 6) is -0.504. The lowest BCUT2D eigenvalue weighted by molar-refractivity contribution is -0.671. The van der Waals surface area contributed by atoms with Crippen LogP contribution in [0.25, 0.3) is 0 Å². The molecule has 3 aromatic rings. The second-order valence-electron chi connectivity index (χ2n) is 6.54. The fraction of sp³-hybridized carbons (Fsp3) is 0.130. The molecule has 0 unspecified atom stereocenters. The van der Waals surface area contributed by atoms with Gasteiger partial charge in [0.25, 0.3) is 5.91 Å². The first-order chi connectivity index (χ1) is 14.6. The molecule has 7 heteroatoms. The maximum Gasteiger partial charge on any atom is 0.328 e. The van der Waals surface area contributed by atoms with Crippen molar-refractivity contribution in [3.8, 4) is 0 Å². The summed E-state index contributed by atoms with van der Waals surface area (Å²) < 4.78 is 6.46. The third-order valence-corrected chi connectivity index (χ3v) is 4.64. The van der Waals surface area contributed by atoms with Crippen molar-refractivity contribution in [2.24, 2.45) is 7.05 Å². The number of urea groups is 1. The van der Waals surface area contributed by atoms with Crippen molar-refractivity contribution in [3.05, 3.63) is 102 Å². The lowest BCUT2D eigenvalue weighted by atomic mass is 9.83. The van der Waals surface area contributed by atoms with Crippen molar-refractivity contribution in [2.75, 3.05) is 6.73 Å². The molecule has 152 valence electrons. The van der Waals surface area contributed by atoms with Crippen molar-refractivity contribution in [2.45, 2.75) is 5.54 Å². The number of aryl methyl sites for hydroxylation is 1. The molecule has 7 nitrogen and oxygen atoms in total. The van der Waals surface area contributed by atoms with Gasteiger partial charge in [-0.3, -0.25) is 4.79 Å². The summed E-state index contributed by atoms with van der Waals surface area (Å²) >= 11 is 0. The Morgan fingerprint density at radius 2 is 1.40 bits per heavy atom. The van der Waals surface area contributed by atoms with E-state index in [-0.39, 0.29) is 0 Å². The van der Waals surface area contributed by atoms with E-state index in [1.165, 1.54) is 6.47 Å². The summed E-state index contributed by atoms with van der Waals surface area (Å²) in [5.41, 5.74) is -0.0875. The number of amides is 3. The van der Waals surface area contributed by atoms with Crippen molar-refractivity contribution in [1.82, 2.24) is 10.2 Å². The van der Waals surface area contributed by atoms with E-state index in [0.29, 0.717) is 11.1 Å². The summed E-state index contributed by atoms with van der Waals surface area (Å²) in [5, 5.41) is 2.74. The highest BCUT2D eigenvalue weighted by Gasteiger charge is 2.53. The molecule has 0 atom stereocenters. The second kappa shape index (κ2) is 9.47. The topological polar surface area (TPSA) is 79.6 Å². The van der Waals surface area contributed by atoms with Gasteiger partial charge in [-0.1, -0.05) is 73.2 Å². The molecule has 30 heavy (non-hydrogen) atoms. The van der Waals surface area contributed by atoms with E-state index in [1.807, 2.05) is 54.3 Å². The molecule has 0 aliphatic carbocycles. The van der Waals surface area contributed by atoms with Crippen LogP contribution in [-0.4, -0.2) is 30.0 Å². The molecular weight excluding hydrogens is 382 g/mol. The monoisotopic (exact) mass is 403 g/mol. The summed E-state index contributed by atoms with van der Waals surface area (Å²) in [4.78, 5) is 36.3. The predicted molar refractivity (Wildman–Crippen MR) is 108 cm³/mol. The fourth-order valence-corrected chi connectivity index (χ4v) is 3.20. The zero-order valence-corrected chi connectivity index (χ0v) is 16.4. The molecule has 0 saturated carbocycles. The minimum atomic E-state index is -1.34. The average molecular weight is 403 g/mol. The summed E-state index contributed by atoms with van der Waals surface area (Å²) in [7, 11) is 2.00. The first kappa shape index (κ1) is 20.7. The second-order valence-corrected chi connectivity index (χ2v) is 6.54. The van der Waals surface area contributed by atoms with E-state index in [9.17, 15) is 14.4 Å².